The molecule has 0 fully saturated rings. The van der Waals surface area contributed by atoms with Gasteiger partial charge in [0.2, 0.25) is 0 Å². The molecule has 0 amide bonds. The zero-order valence-electron chi connectivity index (χ0n) is 14.5. The number of fused-ring (bicyclic) bond motifs is 1. The van der Waals surface area contributed by atoms with Gasteiger partial charge in [-0.15, -0.1) is 11.3 Å². The van der Waals surface area contributed by atoms with Crippen LogP contribution in [-0.4, -0.2) is 21.0 Å². The molecule has 2 N–H and O–H groups in total. The van der Waals surface area contributed by atoms with Crippen molar-refractivity contribution in [2.75, 3.05) is 5.32 Å². The van der Waals surface area contributed by atoms with Gasteiger partial charge in [0.15, 0.2) is 0 Å². The van der Waals surface area contributed by atoms with Gasteiger partial charge in [-0.05, 0) is 42.8 Å². The van der Waals surface area contributed by atoms with Gasteiger partial charge in [0.25, 0.3) is 0 Å². The smallest absolute Gasteiger partial charge is 0.337 e. The third kappa shape index (κ3) is 3.48. The molecule has 8 heteroatoms. The van der Waals surface area contributed by atoms with Crippen molar-refractivity contribution < 1.29 is 9.90 Å². The Labute approximate surface area is 178 Å². The van der Waals surface area contributed by atoms with E-state index in [0.29, 0.717) is 11.5 Å². The van der Waals surface area contributed by atoms with Gasteiger partial charge in [0, 0.05) is 20.6 Å². The van der Waals surface area contributed by atoms with Gasteiger partial charge < -0.3 is 10.4 Å². The molecule has 0 aliphatic heterocycles. The van der Waals surface area contributed by atoms with Crippen molar-refractivity contribution in [3.63, 3.8) is 0 Å². The van der Waals surface area contributed by atoms with Gasteiger partial charge in [-0.2, -0.15) is 0 Å². The summed E-state index contributed by atoms with van der Waals surface area (Å²) in [6, 6.07) is 12.8. The van der Waals surface area contributed by atoms with Crippen LogP contribution in [0.5, 0.6) is 0 Å². The van der Waals surface area contributed by atoms with E-state index in [1.54, 1.807) is 23.5 Å². The number of hydrogen-bond acceptors (Lipinski definition) is 5. The largest absolute Gasteiger partial charge is 0.478 e. The summed E-state index contributed by atoms with van der Waals surface area (Å²) < 4.78 is 1.01. The highest BCUT2D eigenvalue weighted by atomic mass is 79.9. The summed E-state index contributed by atoms with van der Waals surface area (Å²) in [5.74, 6) is -0.464. The first kappa shape index (κ1) is 18.9. The summed E-state index contributed by atoms with van der Waals surface area (Å²) in [4.78, 5) is 22.2. The van der Waals surface area contributed by atoms with Gasteiger partial charge in [-0.1, -0.05) is 39.7 Å². The van der Waals surface area contributed by atoms with Crippen molar-refractivity contribution in [3.8, 4) is 11.1 Å². The van der Waals surface area contributed by atoms with Crippen LogP contribution >= 0.6 is 38.9 Å². The van der Waals surface area contributed by atoms with Crippen molar-refractivity contribution in [2.45, 2.75) is 6.92 Å². The Hall–Kier alpha value is -2.48. The van der Waals surface area contributed by atoms with Gasteiger partial charge in [0.05, 0.1) is 16.0 Å². The molecule has 0 unspecified atom stereocenters. The minimum Gasteiger partial charge on any atom is -0.478 e. The molecule has 0 bridgehead atoms. The average Bonchev–Trinajstić information content (AvgIpc) is 3.00. The van der Waals surface area contributed by atoms with Crippen molar-refractivity contribution >= 4 is 66.6 Å². The quantitative estimate of drug-likeness (QED) is 0.352. The van der Waals surface area contributed by atoms with Crippen LogP contribution in [-0.2, 0) is 0 Å². The number of aromatic carboxylic acids is 1. The molecule has 0 saturated carbocycles. The van der Waals surface area contributed by atoms with E-state index in [-0.39, 0.29) is 10.6 Å². The summed E-state index contributed by atoms with van der Waals surface area (Å²) in [6.45, 7) is 2.05. The fraction of sp³-hybridized carbons (Fsp3) is 0.0500. The van der Waals surface area contributed by atoms with Crippen molar-refractivity contribution in [2.24, 2.45) is 0 Å². The fourth-order valence-corrected chi connectivity index (χ4v) is 4.48. The van der Waals surface area contributed by atoms with Gasteiger partial charge >= 0.3 is 5.97 Å². The zero-order chi connectivity index (χ0) is 19.8. The second-order valence-electron chi connectivity index (χ2n) is 6.07. The first-order valence-electron chi connectivity index (χ1n) is 8.24. The predicted octanol–water partition coefficient (Wildman–Crippen LogP) is 6.52. The van der Waals surface area contributed by atoms with Crippen LogP contribution in [0.3, 0.4) is 0 Å². The number of carboxylic acid groups (broad SMARTS) is 1. The molecular weight excluding hydrogens is 462 g/mol. The van der Waals surface area contributed by atoms with E-state index in [1.807, 2.05) is 24.3 Å². The molecule has 4 aromatic rings. The Bertz CT molecular complexity index is 1210. The number of aromatic nitrogens is 2. The van der Waals surface area contributed by atoms with E-state index >= 15 is 0 Å². The van der Waals surface area contributed by atoms with E-state index in [2.05, 4.69) is 38.1 Å². The van der Waals surface area contributed by atoms with Gasteiger partial charge in [-0.25, -0.2) is 14.8 Å². The number of rotatable bonds is 4. The Balaban J connectivity index is 1.85. The summed E-state index contributed by atoms with van der Waals surface area (Å²) in [6.07, 6.45) is 1.50. The zero-order valence-corrected chi connectivity index (χ0v) is 17.7. The summed E-state index contributed by atoms with van der Waals surface area (Å²) in [7, 11) is 0. The number of halogens is 2. The SMILES string of the molecule is Cc1sc2ncnc(Nc3ccc(Cl)c(C(=O)O)c3)c2c1-c1ccc(Br)cc1. The lowest BCUT2D eigenvalue weighted by Gasteiger charge is -2.10. The molecule has 28 heavy (non-hydrogen) atoms. The molecule has 0 atom stereocenters. The highest BCUT2D eigenvalue weighted by Gasteiger charge is 2.17. The van der Waals surface area contributed by atoms with E-state index in [4.69, 9.17) is 11.6 Å². The molecule has 140 valence electrons. The number of aryl methyl sites for hydroxylation is 1. The van der Waals surface area contributed by atoms with Gasteiger partial charge in [-0.3, -0.25) is 0 Å². The average molecular weight is 475 g/mol. The molecule has 0 aliphatic rings. The first-order chi connectivity index (χ1) is 13.4. The summed E-state index contributed by atoms with van der Waals surface area (Å²) in [5, 5.41) is 13.6. The third-order valence-electron chi connectivity index (χ3n) is 4.26. The monoisotopic (exact) mass is 473 g/mol. The number of nitrogens with one attached hydrogen (secondary N) is 1. The second kappa shape index (κ2) is 7.50. The van der Waals surface area contributed by atoms with E-state index < -0.39 is 5.97 Å². The molecular formula is C20H13BrClN3O2S. The van der Waals surface area contributed by atoms with E-state index in [0.717, 1.165) is 30.7 Å². The summed E-state index contributed by atoms with van der Waals surface area (Å²) >= 11 is 11.0. The molecule has 0 radical (unpaired) electrons. The topological polar surface area (TPSA) is 75.1 Å². The normalized spacial score (nSPS) is 11.0. The number of nitrogens with zero attached hydrogens (tertiary/aromatic N) is 2. The molecule has 4 rings (SSSR count). The second-order valence-corrected chi connectivity index (χ2v) is 8.59. The minimum atomic E-state index is -1.08. The molecule has 0 saturated heterocycles. The van der Waals surface area contributed by atoms with Crippen LogP contribution in [0.1, 0.15) is 15.2 Å². The van der Waals surface area contributed by atoms with Gasteiger partial charge in [0.1, 0.15) is 17.0 Å². The number of carbonyl (C=O) groups is 1. The minimum absolute atomic E-state index is 0.0339. The fourth-order valence-electron chi connectivity index (χ4n) is 3.01. The Morgan fingerprint density at radius 1 is 1.18 bits per heavy atom. The summed E-state index contributed by atoms with van der Waals surface area (Å²) in [5.41, 5.74) is 2.74. The van der Waals surface area contributed by atoms with Crippen molar-refractivity contribution in [1.29, 1.82) is 0 Å². The standard InChI is InChI=1S/C20H13BrClN3O2S/c1-10-16(11-2-4-12(21)5-3-11)17-18(23-9-24-19(17)28-10)25-13-6-7-15(22)14(8-13)20(26)27/h2-9H,1H3,(H,26,27)(H,23,24,25). The van der Waals surface area contributed by atoms with Crippen LogP contribution in [0.2, 0.25) is 5.02 Å². The van der Waals surface area contributed by atoms with Crippen LogP contribution in [0.25, 0.3) is 21.3 Å². The van der Waals surface area contributed by atoms with Crippen molar-refractivity contribution in [1.82, 2.24) is 9.97 Å². The Morgan fingerprint density at radius 3 is 2.64 bits per heavy atom. The molecule has 0 aliphatic carbocycles. The lowest BCUT2D eigenvalue weighted by molar-refractivity contribution is 0.0697. The van der Waals surface area contributed by atoms with E-state index in [9.17, 15) is 9.90 Å². The molecule has 5 nitrogen and oxygen atoms in total. The molecule has 2 aromatic carbocycles. The molecule has 2 heterocycles. The maximum atomic E-state index is 11.4. The maximum absolute atomic E-state index is 11.4. The number of carboxylic acids is 1. The van der Waals surface area contributed by atoms with Crippen LogP contribution in [0.15, 0.2) is 53.3 Å². The highest BCUT2D eigenvalue weighted by Crippen LogP contribution is 2.41. The van der Waals surface area contributed by atoms with Crippen molar-refractivity contribution in [3.05, 3.63) is 68.7 Å². The third-order valence-corrected chi connectivity index (χ3v) is 6.13. The molecule has 2 aromatic heterocycles. The molecule has 0 spiro atoms. The predicted molar refractivity (Wildman–Crippen MR) is 117 cm³/mol. The highest BCUT2D eigenvalue weighted by molar-refractivity contribution is 9.10. The number of benzene rings is 2. The lowest BCUT2D eigenvalue weighted by Crippen LogP contribution is -2.00. The maximum Gasteiger partial charge on any atom is 0.337 e. The van der Waals surface area contributed by atoms with E-state index in [1.165, 1.54) is 12.4 Å². The Morgan fingerprint density at radius 2 is 1.93 bits per heavy atom. The van der Waals surface area contributed by atoms with Crippen LogP contribution in [0, 0.1) is 6.92 Å². The first-order valence-corrected chi connectivity index (χ1v) is 10.2. The van der Waals surface area contributed by atoms with Crippen LogP contribution in [0.4, 0.5) is 11.5 Å². The van der Waals surface area contributed by atoms with Crippen LogP contribution < -0.4 is 5.32 Å². The number of hydrogen-bond donors (Lipinski definition) is 2. The number of anilines is 2. The lowest BCUT2D eigenvalue weighted by atomic mass is 10.0. The number of thiophene rings is 1. The Kier molecular flexibility index (Phi) is 5.05.